The van der Waals surface area contributed by atoms with E-state index in [1.54, 1.807) is 34.9 Å². The van der Waals surface area contributed by atoms with Gasteiger partial charge in [-0.05, 0) is 36.4 Å². The predicted molar refractivity (Wildman–Crippen MR) is 78.6 cm³/mol. The third-order valence-electron chi connectivity index (χ3n) is 3.41. The summed E-state index contributed by atoms with van der Waals surface area (Å²) in [5.74, 6) is -1.65. The highest BCUT2D eigenvalue weighted by Gasteiger charge is 2.19. The molecule has 0 bridgehead atoms. The fourth-order valence-electron chi connectivity index (χ4n) is 2.34. The van der Waals surface area contributed by atoms with Gasteiger partial charge in [0, 0.05) is 11.7 Å². The molecule has 2 aromatic heterocycles. The van der Waals surface area contributed by atoms with Crippen LogP contribution in [0, 0.1) is 5.82 Å². The van der Waals surface area contributed by atoms with Crippen molar-refractivity contribution >= 4 is 17.3 Å². The van der Waals surface area contributed by atoms with Crippen molar-refractivity contribution in [1.82, 2.24) is 4.40 Å². The number of benzene rings is 1. The number of esters is 1. The lowest BCUT2D eigenvalue weighted by atomic mass is 10.0. The van der Waals surface area contributed by atoms with Crippen LogP contribution in [-0.2, 0) is 4.74 Å². The molecule has 4 nitrogen and oxygen atoms in total. The standard InChI is InChI=1S/C17H12FNO3/c1-22-17(21)11-9-12-5-4-8-19(12)15(10-11)16(20)13-6-2-3-7-14(13)18/h2-10H,1H3. The van der Waals surface area contributed by atoms with Crippen molar-refractivity contribution in [2.24, 2.45) is 0 Å². The number of ether oxygens (including phenoxy) is 1. The number of ketones is 1. The van der Waals surface area contributed by atoms with Crippen LogP contribution >= 0.6 is 0 Å². The van der Waals surface area contributed by atoms with Gasteiger partial charge in [-0.2, -0.15) is 0 Å². The number of aromatic nitrogens is 1. The minimum atomic E-state index is -0.601. The Morgan fingerprint density at radius 3 is 2.59 bits per heavy atom. The minimum Gasteiger partial charge on any atom is -0.465 e. The van der Waals surface area contributed by atoms with E-state index in [2.05, 4.69) is 0 Å². The molecule has 1 aromatic carbocycles. The fourth-order valence-corrected chi connectivity index (χ4v) is 2.34. The summed E-state index contributed by atoms with van der Waals surface area (Å²) >= 11 is 0. The zero-order chi connectivity index (χ0) is 15.7. The Bertz CT molecular complexity index is 882. The van der Waals surface area contributed by atoms with Crippen molar-refractivity contribution in [2.75, 3.05) is 7.11 Å². The van der Waals surface area contributed by atoms with Gasteiger partial charge in [-0.15, -0.1) is 0 Å². The molecule has 0 N–H and O–H groups in total. The zero-order valence-electron chi connectivity index (χ0n) is 11.7. The normalized spacial score (nSPS) is 10.6. The number of carbonyl (C=O) groups excluding carboxylic acids is 2. The number of hydrogen-bond acceptors (Lipinski definition) is 3. The van der Waals surface area contributed by atoms with E-state index in [0.717, 1.165) is 0 Å². The molecule has 0 aliphatic rings. The molecule has 0 fully saturated rings. The largest absolute Gasteiger partial charge is 0.465 e. The lowest BCUT2D eigenvalue weighted by molar-refractivity contribution is 0.0600. The van der Waals surface area contributed by atoms with Crippen LogP contribution in [0.15, 0.2) is 54.7 Å². The second-order valence-corrected chi connectivity index (χ2v) is 4.73. The van der Waals surface area contributed by atoms with Gasteiger partial charge in [-0.25, -0.2) is 9.18 Å². The molecule has 3 aromatic rings. The van der Waals surface area contributed by atoms with E-state index in [9.17, 15) is 14.0 Å². The Balaban J connectivity index is 2.21. The molecule has 0 amide bonds. The summed E-state index contributed by atoms with van der Waals surface area (Å²) in [5, 5.41) is 0. The van der Waals surface area contributed by atoms with Crippen LogP contribution in [0.1, 0.15) is 26.4 Å². The number of fused-ring (bicyclic) bond motifs is 1. The van der Waals surface area contributed by atoms with Gasteiger partial charge in [0.05, 0.1) is 23.9 Å². The van der Waals surface area contributed by atoms with Crippen LogP contribution in [0.2, 0.25) is 0 Å². The van der Waals surface area contributed by atoms with E-state index in [1.807, 2.05) is 0 Å². The first-order valence-electron chi connectivity index (χ1n) is 6.60. The summed E-state index contributed by atoms with van der Waals surface area (Å²) in [6, 6.07) is 12.3. The lowest BCUT2D eigenvalue weighted by Crippen LogP contribution is -2.12. The molecule has 5 heteroatoms. The number of rotatable bonds is 3. The quantitative estimate of drug-likeness (QED) is 0.551. The SMILES string of the molecule is COC(=O)c1cc(C(=O)c2ccccc2F)n2cccc2c1. The maximum Gasteiger partial charge on any atom is 0.338 e. The van der Waals surface area contributed by atoms with E-state index < -0.39 is 17.6 Å². The molecule has 0 aliphatic heterocycles. The molecule has 0 radical (unpaired) electrons. The smallest absolute Gasteiger partial charge is 0.338 e. The molecular weight excluding hydrogens is 285 g/mol. The minimum absolute atomic E-state index is 0.0421. The number of methoxy groups -OCH3 is 1. The van der Waals surface area contributed by atoms with Crippen LogP contribution < -0.4 is 0 Å². The van der Waals surface area contributed by atoms with Gasteiger partial charge in [-0.1, -0.05) is 12.1 Å². The summed E-state index contributed by atoms with van der Waals surface area (Å²) in [7, 11) is 1.27. The monoisotopic (exact) mass is 297 g/mol. The van der Waals surface area contributed by atoms with E-state index in [4.69, 9.17) is 4.74 Å². The fraction of sp³-hybridized carbons (Fsp3) is 0.0588. The van der Waals surface area contributed by atoms with E-state index in [0.29, 0.717) is 5.52 Å². The Morgan fingerprint density at radius 2 is 1.86 bits per heavy atom. The van der Waals surface area contributed by atoms with E-state index in [-0.39, 0.29) is 16.8 Å². The maximum absolute atomic E-state index is 13.9. The molecule has 22 heavy (non-hydrogen) atoms. The molecule has 0 aliphatic carbocycles. The van der Waals surface area contributed by atoms with E-state index >= 15 is 0 Å². The third-order valence-corrected chi connectivity index (χ3v) is 3.41. The molecule has 0 saturated carbocycles. The first-order chi connectivity index (χ1) is 10.6. The average Bonchev–Trinajstić information content (AvgIpc) is 3.01. The Morgan fingerprint density at radius 1 is 1.09 bits per heavy atom. The maximum atomic E-state index is 13.9. The van der Waals surface area contributed by atoms with Gasteiger partial charge in [0.25, 0.3) is 0 Å². The number of nitrogens with zero attached hydrogens (tertiary/aromatic N) is 1. The second kappa shape index (κ2) is 5.44. The van der Waals surface area contributed by atoms with Crippen molar-refractivity contribution in [2.45, 2.75) is 0 Å². The predicted octanol–water partition coefficient (Wildman–Crippen LogP) is 3.10. The summed E-state index contributed by atoms with van der Waals surface area (Å²) in [6.45, 7) is 0. The van der Waals surface area contributed by atoms with Gasteiger partial charge in [0.2, 0.25) is 5.78 Å². The van der Waals surface area contributed by atoms with Gasteiger partial charge in [0.1, 0.15) is 5.82 Å². The number of pyridine rings is 1. The van der Waals surface area contributed by atoms with Gasteiger partial charge in [-0.3, -0.25) is 4.79 Å². The number of carbonyl (C=O) groups is 2. The second-order valence-electron chi connectivity index (χ2n) is 4.73. The third kappa shape index (κ3) is 2.26. The van der Waals surface area contributed by atoms with Crippen molar-refractivity contribution < 1.29 is 18.7 Å². The van der Waals surface area contributed by atoms with Crippen LogP contribution in [0.5, 0.6) is 0 Å². The van der Waals surface area contributed by atoms with Crippen molar-refractivity contribution in [3.05, 3.63) is 77.4 Å². The van der Waals surface area contributed by atoms with E-state index in [1.165, 1.54) is 31.4 Å². The Kier molecular flexibility index (Phi) is 3.47. The molecule has 0 atom stereocenters. The molecule has 0 unspecified atom stereocenters. The van der Waals surface area contributed by atoms with Gasteiger partial charge in [0.15, 0.2) is 0 Å². The molecule has 110 valence electrons. The zero-order valence-corrected chi connectivity index (χ0v) is 11.7. The topological polar surface area (TPSA) is 47.8 Å². The molecular formula is C17H12FNO3. The molecule has 2 heterocycles. The molecule has 0 spiro atoms. The summed E-state index contributed by atoms with van der Waals surface area (Å²) in [5.41, 5.74) is 1.06. The number of hydrogen-bond donors (Lipinski definition) is 0. The van der Waals surface area contributed by atoms with Crippen LogP contribution in [-0.4, -0.2) is 23.3 Å². The van der Waals surface area contributed by atoms with Crippen molar-refractivity contribution in [1.29, 1.82) is 0 Å². The van der Waals surface area contributed by atoms with Crippen LogP contribution in [0.4, 0.5) is 4.39 Å². The lowest BCUT2D eigenvalue weighted by Gasteiger charge is -2.09. The van der Waals surface area contributed by atoms with Gasteiger partial charge >= 0.3 is 5.97 Å². The highest BCUT2D eigenvalue weighted by Crippen LogP contribution is 2.19. The Labute approximate surface area is 125 Å². The van der Waals surface area contributed by atoms with Gasteiger partial charge < -0.3 is 9.14 Å². The first kappa shape index (κ1) is 14.0. The summed E-state index contributed by atoms with van der Waals surface area (Å²) < 4.78 is 20.2. The molecule has 3 rings (SSSR count). The summed E-state index contributed by atoms with van der Waals surface area (Å²) in [6.07, 6.45) is 1.68. The van der Waals surface area contributed by atoms with Crippen LogP contribution in [0.3, 0.4) is 0 Å². The number of halogens is 1. The van der Waals surface area contributed by atoms with Crippen molar-refractivity contribution in [3.8, 4) is 0 Å². The highest BCUT2D eigenvalue weighted by molar-refractivity contribution is 6.09. The van der Waals surface area contributed by atoms with Crippen molar-refractivity contribution in [3.63, 3.8) is 0 Å². The first-order valence-corrected chi connectivity index (χ1v) is 6.60. The Hall–Kier alpha value is -2.95. The van der Waals surface area contributed by atoms with Crippen LogP contribution in [0.25, 0.3) is 5.52 Å². The molecule has 0 saturated heterocycles. The highest BCUT2D eigenvalue weighted by atomic mass is 19.1. The summed E-state index contributed by atoms with van der Waals surface area (Å²) in [4.78, 5) is 24.4. The average molecular weight is 297 g/mol.